The van der Waals surface area contributed by atoms with Gasteiger partial charge in [0.25, 0.3) is 11.8 Å². The standard InChI is InChI=1S/C24H22N4O2S/c1-15-9-11-20(12-10-15)25-24-26-23(30)21(31-24)14-19-13-16(2)28(17(19)3)27-22(29)18-7-5-4-6-8-18/h4-14H,1-3H3,(H,27,29)(H,25,26,30)/b21-14-. The van der Waals surface area contributed by atoms with Crippen molar-refractivity contribution in [2.24, 2.45) is 4.99 Å². The molecule has 6 nitrogen and oxygen atoms in total. The first-order chi connectivity index (χ1) is 14.9. The average Bonchev–Trinajstić information content (AvgIpc) is 3.23. The van der Waals surface area contributed by atoms with Crippen molar-refractivity contribution < 1.29 is 9.59 Å². The van der Waals surface area contributed by atoms with Crippen LogP contribution in [0.5, 0.6) is 0 Å². The summed E-state index contributed by atoms with van der Waals surface area (Å²) in [7, 11) is 0. The lowest BCUT2D eigenvalue weighted by molar-refractivity contribution is -0.115. The maximum absolute atomic E-state index is 12.5. The minimum atomic E-state index is -0.192. The van der Waals surface area contributed by atoms with Gasteiger partial charge in [-0.15, -0.1) is 0 Å². The molecule has 0 bridgehead atoms. The number of thioether (sulfide) groups is 1. The molecular formula is C24H22N4O2S. The second-order valence-electron chi connectivity index (χ2n) is 7.29. The topological polar surface area (TPSA) is 75.5 Å². The number of amides is 2. The Morgan fingerprint density at radius 1 is 1.06 bits per heavy atom. The van der Waals surface area contributed by atoms with Gasteiger partial charge in [-0.3, -0.25) is 19.7 Å². The van der Waals surface area contributed by atoms with Gasteiger partial charge in [0.15, 0.2) is 5.17 Å². The molecule has 1 aliphatic heterocycles. The van der Waals surface area contributed by atoms with Crippen LogP contribution in [0.15, 0.2) is 70.6 Å². The van der Waals surface area contributed by atoms with Crippen molar-refractivity contribution in [3.63, 3.8) is 0 Å². The molecule has 1 aromatic heterocycles. The van der Waals surface area contributed by atoms with Gasteiger partial charge in [-0.1, -0.05) is 35.9 Å². The van der Waals surface area contributed by atoms with Gasteiger partial charge in [-0.05, 0) is 74.5 Å². The van der Waals surface area contributed by atoms with Crippen molar-refractivity contribution in [2.75, 3.05) is 5.43 Å². The van der Waals surface area contributed by atoms with Crippen LogP contribution in [0.3, 0.4) is 0 Å². The Bertz CT molecular complexity index is 1210. The zero-order valence-corrected chi connectivity index (χ0v) is 18.3. The van der Waals surface area contributed by atoms with Gasteiger partial charge in [-0.25, -0.2) is 4.99 Å². The average molecular weight is 431 g/mol. The Hall–Kier alpha value is -3.58. The number of aromatic nitrogens is 1. The van der Waals surface area contributed by atoms with Crippen LogP contribution in [-0.4, -0.2) is 21.7 Å². The smallest absolute Gasteiger partial charge is 0.270 e. The zero-order valence-electron chi connectivity index (χ0n) is 17.5. The van der Waals surface area contributed by atoms with Crippen LogP contribution in [0.2, 0.25) is 0 Å². The molecule has 0 aliphatic carbocycles. The predicted octanol–water partition coefficient (Wildman–Crippen LogP) is 4.69. The summed E-state index contributed by atoms with van der Waals surface area (Å²) in [6.45, 7) is 5.83. The molecule has 2 aromatic carbocycles. The largest absolute Gasteiger partial charge is 0.300 e. The number of rotatable bonds is 4. The normalized spacial score (nSPS) is 16.0. The first kappa shape index (κ1) is 20.7. The van der Waals surface area contributed by atoms with E-state index in [1.165, 1.54) is 11.8 Å². The molecule has 1 aliphatic rings. The molecule has 0 spiro atoms. The van der Waals surface area contributed by atoms with Gasteiger partial charge in [0.05, 0.1) is 10.6 Å². The SMILES string of the molecule is Cc1ccc(N=C2NC(=O)/C(=C/c3cc(C)n(NC(=O)c4ccccc4)c3C)S2)cc1. The minimum absolute atomic E-state index is 0.186. The van der Waals surface area contributed by atoms with E-state index in [4.69, 9.17) is 0 Å². The minimum Gasteiger partial charge on any atom is -0.300 e. The molecule has 1 fully saturated rings. The van der Waals surface area contributed by atoms with Gasteiger partial charge in [0.2, 0.25) is 0 Å². The van der Waals surface area contributed by atoms with Crippen molar-refractivity contribution in [1.82, 2.24) is 9.99 Å². The first-order valence-corrected chi connectivity index (χ1v) is 10.6. The monoisotopic (exact) mass is 430 g/mol. The van der Waals surface area contributed by atoms with Gasteiger partial charge in [0.1, 0.15) is 0 Å². The summed E-state index contributed by atoms with van der Waals surface area (Å²) in [5.41, 5.74) is 8.01. The van der Waals surface area contributed by atoms with Crippen LogP contribution in [0.25, 0.3) is 6.08 Å². The van der Waals surface area contributed by atoms with Gasteiger partial charge in [0, 0.05) is 17.0 Å². The van der Waals surface area contributed by atoms with E-state index in [2.05, 4.69) is 15.7 Å². The van der Waals surface area contributed by atoms with Crippen molar-refractivity contribution in [3.05, 3.63) is 93.6 Å². The highest BCUT2D eigenvalue weighted by atomic mass is 32.2. The number of aliphatic imine (C=N–C) groups is 1. The van der Waals surface area contributed by atoms with Crippen LogP contribution in [0.1, 0.15) is 32.9 Å². The fourth-order valence-corrected chi connectivity index (χ4v) is 4.05. The van der Waals surface area contributed by atoms with E-state index in [0.29, 0.717) is 15.6 Å². The van der Waals surface area contributed by atoms with Crippen LogP contribution in [0.4, 0.5) is 5.69 Å². The summed E-state index contributed by atoms with van der Waals surface area (Å²) in [4.78, 5) is 30.0. The van der Waals surface area contributed by atoms with E-state index in [0.717, 1.165) is 28.2 Å². The van der Waals surface area contributed by atoms with Crippen LogP contribution >= 0.6 is 11.8 Å². The summed E-state index contributed by atoms with van der Waals surface area (Å²) in [5.74, 6) is -0.379. The molecule has 1 saturated heterocycles. The molecule has 7 heteroatoms. The highest BCUT2D eigenvalue weighted by Crippen LogP contribution is 2.29. The molecular weight excluding hydrogens is 408 g/mol. The summed E-state index contributed by atoms with van der Waals surface area (Å²) in [6.07, 6.45) is 1.82. The third kappa shape index (κ3) is 4.62. The summed E-state index contributed by atoms with van der Waals surface area (Å²) < 4.78 is 1.74. The molecule has 2 amide bonds. The quantitative estimate of drug-likeness (QED) is 0.590. The van der Waals surface area contributed by atoms with E-state index < -0.39 is 0 Å². The lowest BCUT2D eigenvalue weighted by atomic mass is 10.2. The van der Waals surface area contributed by atoms with Crippen molar-refractivity contribution in [1.29, 1.82) is 0 Å². The molecule has 0 atom stereocenters. The summed E-state index contributed by atoms with van der Waals surface area (Å²) in [5, 5.41) is 3.36. The van der Waals surface area contributed by atoms with E-state index in [1.54, 1.807) is 16.8 Å². The number of carbonyl (C=O) groups excluding carboxylic acids is 2. The first-order valence-electron chi connectivity index (χ1n) is 9.82. The van der Waals surface area contributed by atoms with Gasteiger partial charge >= 0.3 is 0 Å². The lowest BCUT2D eigenvalue weighted by Crippen LogP contribution is -2.24. The van der Waals surface area contributed by atoms with Crippen molar-refractivity contribution >= 4 is 40.5 Å². The number of aryl methyl sites for hydroxylation is 2. The molecule has 0 radical (unpaired) electrons. The molecule has 2 heterocycles. The second kappa shape index (κ2) is 8.65. The highest BCUT2D eigenvalue weighted by Gasteiger charge is 2.24. The Morgan fingerprint density at radius 2 is 1.77 bits per heavy atom. The van der Waals surface area contributed by atoms with Crippen molar-refractivity contribution in [3.8, 4) is 0 Å². The molecule has 0 saturated carbocycles. The molecule has 156 valence electrons. The second-order valence-corrected chi connectivity index (χ2v) is 8.32. The van der Waals surface area contributed by atoms with E-state index >= 15 is 0 Å². The molecule has 2 N–H and O–H groups in total. The lowest BCUT2D eigenvalue weighted by Gasteiger charge is -2.11. The van der Waals surface area contributed by atoms with E-state index in [1.807, 2.05) is 75.4 Å². The Morgan fingerprint density at radius 3 is 2.48 bits per heavy atom. The molecule has 3 aromatic rings. The van der Waals surface area contributed by atoms with Gasteiger partial charge in [-0.2, -0.15) is 0 Å². The number of nitrogens with one attached hydrogen (secondary N) is 2. The number of hydrogen-bond acceptors (Lipinski definition) is 4. The van der Waals surface area contributed by atoms with E-state index in [-0.39, 0.29) is 11.8 Å². The maximum atomic E-state index is 12.5. The predicted molar refractivity (Wildman–Crippen MR) is 126 cm³/mol. The number of nitrogens with zero attached hydrogens (tertiary/aromatic N) is 2. The van der Waals surface area contributed by atoms with Crippen LogP contribution < -0.4 is 10.7 Å². The fraction of sp³-hybridized carbons (Fsp3) is 0.125. The Balaban J connectivity index is 1.55. The Kier molecular flexibility index (Phi) is 5.77. The zero-order chi connectivity index (χ0) is 22.0. The Labute approximate surface area is 185 Å². The van der Waals surface area contributed by atoms with Crippen molar-refractivity contribution in [2.45, 2.75) is 20.8 Å². The van der Waals surface area contributed by atoms with Gasteiger partial charge < -0.3 is 5.32 Å². The third-order valence-electron chi connectivity index (χ3n) is 4.92. The summed E-state index contributed by atoms with van der Waals surface area (Å²) in [6, 6.07) is 18.8. The number of amidine groups is 1. The summed E-state index contributed by atoms with van der Waals surface area (Å²) >= 11 is 1.30. The number of benzene rings is 2. The molecule has 0 unspecified atom stereocenters. The maximum Gasteiger partial charge on any atom is 0.270 e. The van der Waals surface area contributed by atoms with E-state index in [9.17, 15) is 9.59 Å². The fourth-order valence-electron chi connectivity index (χ4n) is 3.22. The third-order valence-corrected chi connectivity index (χ3v) is 5.83. The molecule has 4 rings (SSSR count). The number of hydrogen-bond donors (Lipinski definition) is 2. The van der Waals surface area contributed by atoms with Crippen LogP contribution in [0, 0.1) is 20.8 Å². The highest BCUT2D eigenvalue weighted by molar-refractivity contribution is 8.18. The molecule has 31 heavy (non-hydrogen) atoms. The van der Waals surface area contributed by atoms with Crippen LogP contribution in [-0.2, 0) is 4.79 Å². The number of carbonyl (C=O) groups is 2.